The Bertz CT molecular complexity index is 1130. The van der Waals surface area contributed by atoms with Crippen molar-refractivity contribution in [1.82, 2.24) is 15.3 Å². The van der Waals surface area contributed by atoms with Crippen molar-refractivity contribution in [2.45, 2.75) is 0 Å². The van der Waals surface area contributed by atoms with Crippen molar-refractivity contribution < 1.29 is 13.6 Å². The Balaban J connectivity index is 1.42. The SMILES string of the molecule is O=C(/C=C/c1ccco1)NC(=S)Nc1cccc(-c2nc3ncccc3o2)c1. The van der Waals surface area contributed by atoms with E-state index in [9.17, 15) is 4.79 Å². The first-order chi connectivity index (χ1) is 13.7. The number of furan rings is 1. The molecule has 0 saturated heterocycles. The van der Waals surface area contributed by atoms with Crippen LogP contribution in [-0.4, -0.2) is 21.0 Å². The van der Waals surface area contributed by atoms with E-state index in [0.717, 1.165) is 5.56 Å². The van der Waals surface area contributed by atoms with Crippen LogP contribution in [0.25, 0.3) is 28.8 Å². The second kappa shape index (κ2) is 7.85. The number of oxazole rings is 1. The summed E-state index contributed by atoms with van der Waals surface area (Å²) in [5, 5.41) is 5.71. The molecule has 0 spiro atoms. The third-order valence-corrected chi connectivity index (χ3v) is 3.92. The second-order valence-electron chi connectivity index (χ2n) is 5.72. The topological polar surface area (TPSA) is 93.2 Å². The van der Waals surface area contributed by atoms with Crippen molar-refractivity contribution in [1.29, 1.82) is 0 Å². The minimum Gasteiger partial charge on any atom is -0.465 e. The predicted octanol–water partition coefficient (Wildman–Crippen LogP) is 4.01. The molecule has 1 aromatic carbocycles. The molecule has 4 rings (SSSR count). The number of amides is 1. The fraction of sp³-hybridized carbons (Fsp3) is 0. The van der Waals surface area contributed by atoms with Gasteiger partial charge in [-0.25, -0.2) is 4.98 Å². The van der Waals surface area contributed by atoms with Gasteiger partial charge < -0.3 is 14.2 Å². The molecule has 3 heterocycles. The standard InChI is InChI=1S/C20H14N4O3S/c25-17(9-8-15-6-3-11-26-15)23-20(28)22-14-5-1-4-13(12-14)19-24-18-16(27-19)7-2-10-21-18/h1-12H,(H2,22,23,25,28)/b9-8+. The first kappa shape index (κ1) is 17.6. The summed E-state index contributed by atoms with van der Waals surface area (Å²) in [6.07, 6.45) is 6.09. The minimum atomic E-state index is -0.366. The van der Waals surface area contributed by atoms with Gasteiger partial charge >= 0.3 is 0 Å². The molecule has 0 aliphatic heterocycles. The van der Waals surface area contributed by atoms with Gasteiger partial charge in [-0.15, -0.1) is 0 Å². The van der Waals surface area contributed by atoms with Gasteiger partial charge in [0.2, 0.25) is 11.8 Å². The Morgan fingerprint density at radius 2 is 2.07 bits per heavy atom. The Morgan fingerprint density at radius 3 is 2.89 bits per heavy atom. The quantitative estimate of drug-likeness (QED) is 0.402. The van der Waals surface area contributed by atoms with Crippen LogP contribution in [-0.2, 0) is 4.79 Å². The van der Waals surface area contributed by atoms with Crippen LogP contribution in [0.5, 0.6) is 0 Å². The average molecular weight is 390 g/mol. The number of thiocarbonyl (C=S) groups is 1. The summed E-state index contributed by atoms with van der Waals surface area (Å²) >= 11 is 5.19. The molecule has 0 unspecified atom stereocenters. The van der Waals surface area contributed by atoms with E-state index in [1.165, 1.54) is 12.3 Å². The maximum atomic E-state index is 11.9. The molecule has 3 aromatic heterocycles. The Kier molecular flexibility index (Phi) is 4.94. The molecule has 28 heavy (non-hydrogen) atoms. The second-order valence-corrected chi connectivity index (χ2v) is 6.13. The largest absolute Gasteiger partial charge is 0.465 e. The van der Waals surface area contributed by atoms with Gasteiger partial charge in [0, 0.05) is 23.5 Å². The van der Waals surface area contributed by atoms with Gasteiger partial charge in [-0.1, -0.05) is 6.07 Å². The van der Waals surface area contributed by atoms with Gasteiger partial charge in [0.1, 0.15) is 5.76 Å². The lowest BCUT2D eigenvalue weighted by molar-refractivity contribution is -0.115. The first-order valence-electron chi connectivity index (χ1n) is 8.33. The molecule has 138 valence electrons. The monoisotopic (exact) mass is 390 g/mol. The predicted molar refractivity (Wildman–Crippen MR) is 109 cm³/mol. The van der Waals surface area contributed by atoms with E-state index >= 15 is 0 Å². The highest BCUT2D eigenvalue weighted by Crippen LogP contribution is 2.25. The van der Waals surface area contributed by atoms with Crippen LogP contribution in [0.3, 0.4) is 0 Å². The maximum absolute atomic E-state index is 11.9. The number of carbonyl (C=O) groups excluding carboxylic acids is 1. The van der Waals surface area contributed by atoms with Crippen molar-refractivity contribution in [3.63, 3.8) is 0 Å². The fourth-order valence-electron chi connectivity index (χ4n) is 2.48. The number of hydrogen-bond acceptors (Lipinski definition) is 6. The number of anilines is 1. The molecule has 0 saturated carbocycles. The van der Waals surface area contributed by atoms with Crippen LogP contribution < -0.4 is 10.6 Å². The van der Waals surface area contributed by atoms with Crippen LogP contribution in [0.2, 0.25) is 0 Å². The van der Waals surface area contributed by atoms with Crippen molar-refractivity contribution in [2.75, 3.05) is 5.32 Å². The van der Waals surface area contributed by atoms with Crippen molar-refractivity contribution in [2.24, 2.45) is 0 Å². The molecule has 0 radical (unpaired) electrons. The summed E-state index contributed by atoms with van der Waals surface area (Å²) in [5.41, 5.74) is 2.60. The molecule has 8 heteroatoms. The summed E-state index contributed by atoms with van der Waals surface area (Å²) in [6.45, 7) is 0. The van der Waals surface area contributed by atoms with Gasteiger partial charge in [-0.05, 0) is 60.8 Å². The molecule has 1 amide bonds. The summed E-state index contributed by atoms with van der Waals surface area (Å²) < 4.78 is 10.9. The summed E-state index contributed by atoms with van der Waals surface area (Å²) in [6, 6.07) is 14.4. The van der Waals surface area contributed by atoms with E-state index in [2.05, 4.69) is 20.6 Å². The number of carbonyl (C=O) groups is 1. The number of hydrogen-bond donors (Lipinski definition) is 2. The van der Waals surface area contributed by atoms with Crippen LogP contribution in [0, 0.1) is 0 Å². The van der Waals surface area contributed by atoms with E-state index in [0.29, 0.717) is 28.6 Å². The van der Waals surface area contributed by atoms with Gasteiger partial charge in [-0.2, -0.15) is 4.98 Å². The maximum Gasteiger partial charge on any atom is 0.250 e. The lowest BCUT2D eigenvalue weighted by Gasteiger charge is -2.08. The molecule has 7 nitrogen and oxygen atoms in total. The molecule has 0 fully saturated rings. The highest BCUT2D eigenvalue weighted by molar-refractivity contribution is 7.80. The lowest BCUT2D eigenvalue weighted by atomic mass is 10.2. The summed E-state index contributed by atoms with van der Waals surface area (Å²) in [4.78, 5) is 20.5. The first-order valence-corrected chi connectivity index (χ1v) is 8.74. The minimum absolute atomic E-state index is 0.172. The third-order valence-electron chi connectivity index (χ3n) is 3.71. The van der Waals surface area contributed by atoms with Crippen LogP contribution in [0.15, 0.2) is 75.9 Å². The summed E-state index contributed by atoms with van der Waals surface area (Å²) in [5.74, 6) is 0.665. The molecule has 2 N–H and O–H groups in total. The van der Waals surface area contributed by atoms with E-state index in [1.54, 1.807) is 30.5 Å². The smallest absolute Gasteiger partial charge is 0.250 e. The summed E-state index contributed by atoms with van der Waals surface area (Å²) in [7, 11) is 0. The molecule has 4 aromatic rings. The number of benzene rings is 1. The Labute approximate surface area is 165 Å². The van der Waals surface area contributed by atoms with Crippen molar-refractivity contribution in [3.05, 3.63) is 72.8 Å². The number of nitrogens with one attached hydrogen (secondary N) is 2. The number of aromatic nitrogens is 2. The molecule has 0 aliphatic rings. The van der Waals surface area contributed by atoms with E-state index in [-0.39, 0.29) is 11.0 Å². The zero-order valence-electron chi connectivity index (χ0n) is 14.5. The Morgan fingerprint density at radius 1 is 1.14 bits per heavy atom. The van der Waals surface area contributed by atoms with Gasteiger partial charge in [0.25, 0.3) is 0 Å². The molecular weight excluding hydrogens is 376 g/mol. The van der Waals surface area contributed by atoms with Gasteiger partial charge in [-0.3, -0.25) is 10.1 Å². The van der Waals surface area contributed by atoms with Crippen LogP contribution in [0.1, 0.15) is 5.76 Å². The molecule has 0 aliphatic carbocycles. The molecule has 0 bridgehead atoms. The normalized spacial score (nSPS) is 11.0. The van der Waals surface area contributed by atoms with Crippen molar-refractivity contribution in [3.8, 4) is 11.5 Å². The van der Waals surface area contributed by atoms with E-state index < -0.39 is 0 Å². The van der Waals surface area contributed by atoms with Crippen LogP contribution in [0.4, 0.5) is 5.69 Å². The highest BCUT2D eigenvalue weighted by Gasteiger charge is 2.10. The third kappa shape index (κ3) is 4.13. The van der Waals surface area contributed by atoms with E-state index in [4.69, 9.17) is 21.1 Å². The number of fused-ring (bicyclic) bond motifs is 1. The van der Waals surface area contributed by atoms with Gasteiger partial charge in [0.05, 0.1) is 6.26 Å². The number of nitrogens with zero attached hydrogens (tertiary/aromatic N) is 2. The number of rotatable bonds is 4. The molecular formula is C20H14N4O3S. The highest BCUT2D eigenvalue weighted by atomic mass is 32.1. The van der Waals surface area contributed by atoms with Crippen LogP contribution >= 0.6 is 12.2 Å². The van der Waals surface area contributed by atoms with E-state index in [1.807, 2.05) is 30.3 Å². The fourth-order valence-corrected chi connectivity index (χ4v) is 2.70. The zero-order valence-corrected chi connectivity index (χ0v) is 15.3. The molecule has 0 atom stereocenters. The Hall–Kier alpha value is -3.78. The lowest BCUT2D eigenvalue weighted by Crippen LogP contribution is -2.32. The average Bonchev–Trinajstić information content (AvgIpc) is 3.36. The van der Waals surface area contributed by atoms with Gasteiger partial charge in [0.15, 0.2) is 16.3 Å². The zero-order chi connectivity index (χ0) is 19.3. The van der Waals surface area contributed by atoms with Crippen molar-refractivity contribution >= 4 is 46.2 Å². The number of pyridine rings is 1.